The van der Waals surface area contributed by atoms with Crippen molar-refractivity contribution in [3.8, 4) is 17.6 Å². The number of para-hydroxylation sites is 1. The fourth-order valence-corrected chi connectivity index (χ4v) is 2.76. The zero-order valence-corrected chi connectivity index (χ0v) is 19.1. The lowest BCUT2D eigenvalue weighted by atomic mass is 10.1. The van der Waals surface area contributed by atoms with Gasteiger partial charge in [-0.05, 0) is 42.8 Å². The standard InChI is InChI=1S/C25H30N2O7/c1-31-16-17-32-19-33-18-22(13-14-24(28)27-30)26-25(29)21-11-9-20(10-12-21)6-5-15-34-23-7-3-2-4-8-23/h2-4,7-12,22,30H,13-19H2,1H3,(H,26,29)(H,27,28)/t22-/m0/s1. The molecular weight excluding hydrogens is 440 g/mol. The van der Waals surface area contributed by atoms with Crippen molar-refractivity contribution in [3.63, 3.8) is 0 Å². The number of hydrogen-bond acceptors (Lipinski definition) is 7. The van der Waals surface area contributed by atoms with E-state index >= 15 is 0 Å². The van der Waals surface area contributed by atoms with Crippen molar-refractivity contribution in [3.05, 3.63) is 65.7 Å². The highest BCUT2D eigenvalue weighted by atomic mass is 16.7. The molecule has 0 aliphatic carbocycles. The second-order valence-electron chi connectivity index (χ2n) is 7.11. The van der Waals surface area contributed by atoms with Crippen LogP contribution in [0.15, 0.2) is 54.6 Å². The highest BCUT2D eigenvalue weighted by Gasteiger charge is 2.16. The molecule has 2 aromatic rings. The molecule has 9 nitrogen and oxygen atoms in total. The Balaban J connectivity index is 1.85. The first-order valence-corrected chi connectivity index (χ1v) is 10.8. The van der Waals surface area contributed by atoms with Crippen LogP contribution in [0.4, 0.5) is 0 Å². The summed E-state index contributed by atoms with van der Waals surface area (Å²) in [5.41, 5.74) is 2.77. The van der Waals surface area contributed by atoms with Gasteiger partial charge in [0.05, 0.1) is 25.9 Å². The number of carbonyl (C=O) groups is 2. The largest absolute Gasteiger partial charge is 0.481 e. The van der Waals surface area contributed by atoms with Gasteiger partial charge in [-0.25, -0.2) is 5.48 Å². The molecule has 0 aliphatic heterocycles. The van der Waals surface area contributed by atoms with E-state index in [1.165, 1.54) is 0 Å². The van der Waals surface area contributed by atoms with Crippen molar-refractivity contribution in [1.29, 1.82) is 0 Å². The zero-order valence-electron chi connectivity index (χ0n) is 19.1. The van der Waals surface area contributed by atoms with Crippen LogP contribution in [0, 0.1) is 11.8 Å². The Morgan fingerprint density at radius 1 is 1.03 bits per heavy atom. The summed E-state index contributed by atoms with van der Waals surface area (Å²) in [6.45, 7) is 1.25. The SMILES string of the molecule is COCCOCOC[C@H](CCC(=O)NO)NC(=O)c1ccc(C#CCOc2ccccc2)cc1. The molecule has 2 aromatic carbocycles. The number of hydrogen-bond donors (Lipinski definition) is 3. The number of ether oxygens (including phenoxy) is 4. The van der Waals surface area contributed by atoms with Gasteiger partial charge in [-0.2, -0.15) is 0 Å². The van der Waals surface area contributed by atoms with Gasteiger partial charge >= 0.3 is 0 Å². The van der Waals surface area contributed by atoms with E-state index in [9.17, 15) is 9.59 Å². The third kappa shape index (κ3) is 10.9. The van der Waals surface area contributed by atoms with Gasteiger partial charge in [-0.15, -0.1) is 0 Å². The Bertz CT molecular complexity index is 924. The molecule has 0 unspecified atom stereocenters. The number of amides is 2. The van der Waals surface area contributed by atoms with Crippen LogP contribution >= 0.6 is 0 Å². The minimum atomic E-state index is -0.547. The van der Waals surface area contributed by atoms with E-state index < -0.39 is 11.9 Å². The van der Waals surface area contributed by atoms with Crippen LogP contribution in [0.2, 0.25) is 0 Å². The van der Waals surface area contributed by atoms with Crippen molar-refractivity contribution >= 4 is 11.8 Å². The number of rotatable bonds is 14. The van der Waals surface area contributed by atoms with Crippen molar-refractivity contribution in [2.24, 2.45) is 0 Å². The maximum Gasteiger partial charge on any atom is 0.251 e. The van der Waals surface area contributed by atoms with Gasteiger partial charge < -0.3 is 24.3 Å². The maximum absolute atomic E-state index is 12.7. The van der Waals surface area contributed by atoms with Gasteiger partial charge in [-0.1, -0.05) is 30.0 Å². The van der Waals surface area contributed by atoms with E-state index in [1.54, 1.807) is 36.9 Å². The van der Waals surface area contributed by atoms with Crippen LogP contribution in [0.25, 0.3) is 0 Å². The summed E-state index contributed by atoms with van der Waals surface area (Å²) in [4.78, 5) is 24.0. The molecule has 0 fully saturated rings. The Morgan fingerprint density at radius 3 is 2.50 bits per heavy atom. The number of methoxy groups -OCH3 is 1. The van der Waals surface area contributed by atoms with E-state index in [0.29, 0.717) is 18.8 Å². The Hall–Kier alpha value is -3.42. The molecule has 9 heteroatoms. The minimum Gasteiger partial charge on any atom is -0.481 e. The van der Waals surface area contributed by atoms with Crippen LogP contribution in [-0.4, -0.2) is 63.4 Å². The van der Waals surface area contributed by atoms with Gasteiger partial charge in [0.25, 0.3) is 5.91 Å². The Labute approximate surface area is 199 Å². The molecule has 1 atom stereocenters. The van der Waals surface area contributed by atoms with Gasteiger partial charge in [-0.3, -0.25) is 14.8 Å². The maximum atomic E-state index is 12.7. The second-order valence-corrected chi connectivity index (χ2v) is 7.11. The fourth-order valence-electron chi connectivity index (χ4n) is 2.76. The van der Waals surface area contributed by atoms with Crippen LogP contribution in [0.3, 0.4) is 0 Å². The summed E-state index contributed by atoms with van der Waals surface area (Å²) in [5, 5.41) is 11.5. The third-order valence-corrected chi connectivity index (χ3v) is 4.53. The topological polar surface area (TPSA) is 115 Å². The summed E-state index contributed by atoms with van der Waals surface area (Å²) < 4.78 is 21.1. The highest BCUT2D eigenvalue weighted by molar-refractivity contribution is 5.94. The molecule has 0 saturated carbocycles. The quantitative estimate of drug-likeness (QED) is 0.127. The normalized spacial score (nSPS) is 11.1. The first-order valence-electron chi connectivity index (χ1n) is 10.8. The van der Waals surface area contributed by atoms with Crippen molar-refractivity contribution in [2.75, 3.05) is 40.3 Å². The average Bonchev–Trinajstić information content (AvgIpc) is 2.87. The van der Waals surface area contributed by atoms with E-state index in [-0.39, 0.29) is 38.8 Å². The van der Waals surface area contributed by atoms with Crippen LogP contribution in [0.5, 0.6) is 5.75 Å². The van der Waals surface area contributed by atoms with Crippen molar-refractivity contribution < 1.29 is 33.7 Å². The lowest BCUT2D eigenvalue weighted by molar-refractivity contribution is -0.129. The molecule has 0 radical (unpaired) electrons. The van der Waals surface area contributed by atoms with Crippen LogP contribution in [0.1, 0.15) is 28.8 Å². The monoisotopic (exact) mass is 470 g/mol. The molecule has 0 spiro atoms. The molecule has 2 amide bonds. The predicted molar refractivity (Wildman–Crippen MR) is 124 cm³/mol. The first-order chi connectivity index (χ1) is 16.6. The van der Waals surface area contributed by atoms with E-state index in [4.69, 9.17) is 24.2 Å². The average molecular weight is 471 g/mol. The summed E-state index contributed by atoms with van der Waals surface area (Å²) in [5.74, 6) is 5.82. The molecular formula is C25H30N2O7. The first kappa shape index (κ1) is 26.8. The number of benzene rings is 2. The second kappa shape index (κ2) is 16.2. The van der Waals surface area contributed by atoms with E-state index in [1.807, 2.05) is 30.3 Å². The summed E-state index contributed by atoms with van der Waals surface area (Å²) in [6.07, 6.45) is 0.302. The predicted octanol–water partition coefficient (Wildman–Crippen LogP) is 2.14. The number of carbonyl (C=O) groups excluding carboxylic acids is 2. The van der Waals surface area contributed by atoms with Crippen molar-refractivity contribution in [1.82, 2.24) is 10.8 Å². The zero-order chi connectivity index (χ0) is 24.4. The Kier molecular flexibility index (Phi) is 12.8. The highest BCUT2D eigenvalue weighted by Crippen LogP contribution is 2.08. The molecule has 0 heterocycles. The molecule has 34 heavy (non-hydrogen) atoms. The van der Waals surface area contributed by atoms with Crippen LogP contribution in [-0.2, 0) is 19.0 Å². The molecule has 3 N–H and O–H groups in total. The lowest BCUT2D eigenvalue weighted by Crippen LogP contribution is -2.39. The molecule has 2 rings (SSSR count). The van der Waals surface area contributed by atoms with Gasteiger partial charge in [0.15, 0.2) is 0 Å². The summed E-state index contributed by atoms with van der Waals surface area (Å²) >= 11 is 0. The molecule has 0 aromatic heterocycles. The summed E-state index contributed by atoms with van der Waals surface area (Å²) in [7, 11) is 1.57. The fraction of sp³-hybridized carbons (Fsp3) is 0.360. The smallest absolute Gasteiger partial charge is 0.251 e. The van der Waals surface area contributed by atoms with E-state index in [0.717, 1.165) is 11.3 Å². The van der Waals surface area contributed by atoms with Crippen LogP contribution < -0.4 is 15.5 Å². The molecule has 0 aliphatic rings. The van der Waals surface area contributed by atoms with Crippen molar-refractivity contribution in [2.45, 2.75) is 18.9 Å². The number of nitrogens with one attached hydrogen (secondary N) is 2. The Morgan fingerprint density at radius 2 is 1.79 bits per heavy atom. The molecule has 0 bridgehead atoms. The summed E-state index contributed by atoms with van der Waals surface area (Å²) in [6, 6.07) is 15.8. The molecule has 182 valence electrons. The minimum absolute atomic E-state index is 0.0227. The molecule has 0 saturated heterocycles. The van der Waals surface area contributed by atoms with Gasteiger partial charge in [0.2, 0.25) is 5.91 Å². The lowest BCUT2D eigenvalue weighted by Gasteiger charge is -2.18. The number of hydroxylamine groups is 1. The van der Waals surface area contributed by atoms with E-state index in [2.05, 4.69) is 17.2 Å². The third-order valence-electron chi connectivity index (χ3n) is 4.53. The van der Waals surface area contributed by atoms with Gasteiger partial charge in [0.1, 0.15) is 19.1 Å². The van der Waals surface area contributed by atoms with Gasteiger partial charge in [0, 0.05) is 24.7 Å².